The van der Waals surface area contributed by atoms with Gasteiger partial charge in [0.1, 0.15) is 24.5 Å². The predicted molar refractivity (Wildman–Crippen MR) is 315 cm³/mol. The maximum Gasteiger partial charge on any atom is 0.315 e. The number of aryl methyl sites for hydroxylation is 1. The highest BCUT2D eigenvalue weighted by atomic mass is 16.3. The molecule has 2 aromatic carbocycles. The number of benzene rings is 2. The lowest BCUT2D eigenvalue weighted by molar-refractivity contribution is -0.122. The highest BCUT2D eigenvalue weighted by molar-refractivity contribution is 6.32. The zero-order valence-electron chi connectivity index (χ0n) is 46.9. The molecular formula is C58H73N19O7. The van der Waals surface area contributed by atoms with Gasteiger partial charge in [-0.3, -0.25) is 14.8 Å². The van der Waals surface area contributed by atoms with Gasteiger partial charge in [0, 0.05) is 88.4 Å². The maximum atomic E-state index is 13.8. The minimum atomic E-state index is -1.17. The van der Waals surface area contributed by atoms with Gasteiger partial charge in [0.15, 0.2) is 34.0 Å². The Morgan fingerprint density at radius 1 is 0.702 bits per heavy atom. The Labute approximate surface area is 484 Å². The van der Waals surface area contributed by atoms with Crippen LogP contribution in [0.5, 0.6) is 0 Å². The van der Waals surface area contributed by atoms with Gasteiger partial charge in [-0.05, 0) is 56.1 Å². The van der Waals surface area contributed by atoms with Gasteiger partial charge in [-0.15, -0.1) is 0 Å². The van der Waals surface area contributed by atoms with E-state index in [0.29, 0.717) is 110 Å². The average Bonchev–Trinajstić information content (AvgIpc) is 2.32. The monoisotopic (exact) mass is 1150 g/mol. The quantitative estimate of drug-likeness (QED) is 0.0522. The van der Waals surface area contributed by atoms with Crippen molar-refractivity contribution in [3.05, 3.63) is 103 Å². The standard InChI is InChI=1S/C58H73N19O7/c1-3-44(79)69-41-23-43(50(83)48(41)81)77-31-64-46-53(70-56(72-54(46)77)59-20-18-36-26-74(2)29-62-36)65-34-14-16-35(17-15-34)67-58(84)68-37-19-21-75(27-37)57-71-52(61-25-40(32-10-6-4-7-11-32)33-12-8-5-9-13-33)45-55(73-57)76(30-63-45)42-22-39(47(80)49(42)82)51-60-24-38(28-78)66-51/h4-13,24,26,29-31,34-35,37,39-43,47-51,78,80-83H,3,14-23,25,27-28H2,1-2H3,(H,69,79)(H,61,71,73)(H2,67,68,84)(H2,59,65,70,72)/t34-,35+,37-,39+,41+,42-,43-,47-,48-,49+,50+,51?/m1/s1. The summed E-state index contributed by atoms with van der Waals surface area (Å²) < 4.78 is 5.47. The largest absolute Gasteiger partial charge is 0.390 e. The molecule has 5 aliphatic rings. The smallest absolute Gasteiger partial charge is 0.315 e. The van der Waals surface area contributed by atoms with Gasteiger partial charge in [-0.25, -0.2) is 19.7 Å². The summed E-state index contributed by atoms with van der Waals surface area (Å²) in [7, 11) is 1.92. The van der Waals surface area contributed by atoms with Crippen molar-refractivity contribution in [3.8, 4) is 0 Å². The first-order chi connectivity index (χ1) is 40.9. The number of urea groups is 1. The summed E-state index contributed by atoms with van der Waals surface area (Å²) in [6.45, 7) is 3.46. The average molecular weight is 1150 g/mol. The number of rotatable bonds is 20. The van der Waals surface area contributed by atoms with Crippen molar-refractivity contribution < 1.29 is 35.1 Å². The Morgan fingerprint density at radius 2 is 1.37 bits per heavy atom. The van der Waals surface area contributed by atoms with Crippen molar-refractivity contribution in [2.75, 3.05) is 53.6 Å². The van der Waals surface area contributed by atoms with E-state index in [-0.39, 0.29) is 55.4 Å². The summed E-state index contributed by atoms with van der Waals surface area (Å²) in [6.07, 6.45) is 8.21. The molecule has 0 radical (unpaired) electrons. The van der Waals surface area contributed by atoms with Crippen LogP contribution in [0, 0.1) is 5.92 Å². The van der Waals surface area contributed by atoms with Gasteiger partial charge in [0.2, 0.25) is 17.8 Å². The van der Waals surface area contributed by atoms with E-state index in [1.54, 1.807) is 30.5 Å². The molecule has 3 aliphatic carbocycles. The fourth-order valence-corrected chi connectivity index (χ4v) is 12.7. The second kappa shape index (κ2) is 24.6. The van der Waals surface area contributed by atoms with E-state index in [9.17, 15) is 35.1 Å². The molecule has 7 aromatic rings. The predicted octanol–water partition coefficient (Wildman–Crippen LogP) is 2.59. The summed E-state index contributed by atoms with van der Waals surface area (Å²) in [5, 5.41) is 74.8. The molecule has 442 valence electrons. The van der Waals surface area contributed by atoms with E-state index in [1.165, 1.54) is 6.21 Å². The molecule has 5 aromatic heterocycles. The number of aliphatic imine (C=N–C) groups is 2. The number of amides is 3. The van der Waals surface area contributed by atoms with Crippen LogP contribution in [0.4, 0.5) is 28.3 Å². The number of anilines is 4. The van der Waals surface area contributed by atoms with E-state index in [1.807, 2.05) is 63.7 Å². The third-order valence-electron chi connectivity index (χ3n) is 17.3. The summed E-state index contributed by atoms with van der Waals surface area (Å²) in [4.78, 5) is 71.0. The van der Waals surface area contributed by atoms with Gasteiger partial charge in [-0.1, -0.05) is 67.6 Å². The molecule has 84 heavy (non-hydrogen) atoms. The third kappa shape index (κ3) is 11.8. The van der Waals surface area contributed by atoms with Gasteiger partial charge >= 0.3 is 6.03 Å². The Kier molecular flexibility index (Phi) is 16.5. The number of nitrogens with one attached hydrogen (secondary N) is 6. The van der Waals surface area contributed by atoms with E-state index in [0.717, 1.165) is 29.7 Å². The van der Waals surface area contributed by atoms with E-state index < -0.39 is 54.6 Å². The molecular weight excluding hydrogens is 1070 g/mol. The molecule has 0 bridgehead atoms. The molecule has 11 N–H and O–H groups in total. The molecule has 12 rings (SSSR count). The molecule has 7 heterocycles. The first-order valence-corrected chi connectivity index (χ1v) is 29.2. The third-order valence-corrected chi connectivity index (χ3v) is 17.3. The number of hydrogen-bond acceptors (Lipinski definition) is 20. The van der Waals surface area contributed by atoms with Gasteiger partial charge in [0.05, 0.1) is 61.2 Å². The summed E-state index contributed by atoms with van der Waals surface area (Å²) in [5.41, 5.74) is 5.56. The van der Waals surface area contributed by atoms with Crippen LogP contribution in [-0.4, -0.2) is 186 Å². The van der Waals surface area contributed by atoms with Crippen LogP contribution in [0.2, 0.25) is 0 Å². The van der Waals surface area contributed by atoms with Crippen LogP contribution >= 0.6 is 0 Å². The number of fused-ring (bicyclic) bond motifs is 2. The fourth-order valence-electron chi connectivity index (χ4n) is 12.7. The zero-order valence-corrected chi connectivity index (χ0v) is 46.9. The number of carbonyl (C=O) groups excluding carboxylic acids is 2. The number of imidazole rings is 3. The maximum absolute atomic E-state index is 13.8. The summed E-state index contributed by atoms with van der Waals surface area (Å²) >= 11 is 0. The van der Waals surface area contributed by atoms with Crippen molar-refractivity contribution >= 4 is 69.7 Å². The number of aliphatic hydroxyl groups is 5. The van der Waals surface area contributed by atoms with Crippen molar-refractivity contribution in [2.24, 2.45) is 23.0 Å². The number of hydrogen-bond donors (Lipinski definition) is 11. The number of carbonyl (C=O) groups is 2. The van der Waals surface area contributed by atoms with Crippen molar-refractivity contribution in [1.29, 1.82) is 0 Å². The normalized spacial score (nSPS) is 26.8. The van der Waals surface area contributed by atoms with E-state index in [2.05, 4.69) is 71.1 Å². The van der Waals surface area contributed by atoms with Crippen molar-refractivity contribution in [3.63, 3.8) is 0 Å². The Bertz CT molecular complexity index is 3460. The first-order valence-electron chi connectivity index (χ1n) is 29.2. The van der Waals surface area contributed by atoms with Crippen molar-refractivity contribution in [1.82, 2.24) is 64.5 Å². The highest BCUT2D eigenvalue weighted by Gasteiger charge is 2.48. The molecule has 0 spiro atoms. The minimum absolute atomic E-state index is 0.00127. The first kappa shape index (κ1) is 56.3. The van der Waals surface area contributed by atoms with Crippen LogP contribution in [0.1, 0.15) is 93.1 Å². The van der Waals surface area contributed by atoms with Crippen LogP contribution in [0.25, 0.3) is 22.3 Å². The Balaban J connectivity index is 0.714. The summed E-state index contributed by atoms with van der Waals surface area (Å²) in [6, 6.07) is 18.2. The van der Waals surface area contributed by atoms with Gasteiger partial charge in [-0.2, -0.15) is 19.9 Å². The SMILES string of the molecule is CCC(=O)N[C@H]1C[C@@H](n2cnc3c(N[C@H]4CC[C@@H](NC(=O)N[C@@H]5CCN(c6nc(NCC(c7ccccc7)c7ccccc7)c7ncn([C@@H]8C[C@H](C9N=CC(CO)=N9)[C@@H](O)[C@H]8O)c7n6)C5)CC4)nc(NCCc4cn(C)cn4)nc32)[C@H](O)[C@@H]1O. The lowest BCUT2D eigenvalue weighted by Gasteiger charge is -2.30. The molecule has 3 amide bonds. The fraction of sp³-hybridized carbons (Fsp3) is 0.500. The highest BCUT2D eigenvalue weighted by Crippen LogP contribution is 2.42. The molecule has 4 fully saturated rings. The lowest BCUT2D eigenvalue weighted by atomic mass is 9.91. The molecule has 2 aliphatic heterocycles. The van der Waals surface area contributed by atoms with Gasteiger partial charge in [0.25, 0.3) is 0 Å². The molecule has 26 nitrogen and oxygen atoms in total. The topological polar surface area (TPSA) is 340 Å². The molecule has 1 unspecified atom stereocenters. The minimum Gasteiger partial charge on any atom is -0.390 e. The summed E-state index contributed by atoms with van der Waals surface area (Å²) in [5.74, 6) is 1.08. The van der Waals surface area contributed by atoms with Gasteiger partial charge < -0.3 is 76.0 Å². The molecule has 1 saturated heterocycles. The van der Waals surface area contributed by atoms with Crippen LogP contribution < -0.4 is 36.8 Å². The number of aliphatic hydroxyl groups excluding tert-OH is 5. The molecule has 3 saturated carbocycles. The van der Waals surface area contributed by atoms with E-state index >= 15 is 0 Å². The molecule has 10 atom stereocenters. The second-order valence-corrected chi connectivity index (χ2v) is 22.9. The zero-order chi connectivity index (χ0) is 58.0. The van der Waals surface area contributed by atoms with Crippen LogP contribution in [0.15, 0.2) is 95.8 Å². The Morgan fingerprint density at radius 3 is 2.05 bits per heavy atom. The number of nitrogens with zero attached hydrogens (tertiary/aromatic N) is 13. The molecule has 26 heteroatoms. The lowest BCUT2D eigenvalue weighted by Crippen LogP contribution is -2.48. The van der Waals surface area contributed by atoms with Crippen LogP contribution in [0.3, 0.4) is 0 Å². The van der Waals surface area contributed by atoms with Crippen molar-refractivity contribution in [2.45, 2.75) is 137 Å². The van der Waals surface area contributed by atoms with E-state index in [4.69, 9.17) is 29.9 Å². The number of aromatic nitrogens is 10. The Hall–Kier alpha value is -8.17. The second-order valence-electron chi connectivity index (χ2n) is 22.9. The van der Waals surface area contributed by atoms with Crippen LogP contribution in [-0.2, 0) is 18.3 Å².